The summed E-state index contributed by atoms with van der Waals surface area (Å²) in [7, 11) is 1.37. The number of hydroxylamine groups is 1. The quantitative estimate of drug-likeness (QED) is 0.710. The van der Waals surface area contributed by atoms with Gasteiger partial charge in [-0.05, 0) is 19.1 Å². The van der Waals surface area contributed by atoms with Gasteiger partial charge in [0.2, 0.25) is 5.88 Å². The Bertz CT molecular complexity index is 1010. The van der Waals surface area contributed by atoms with Crippen LogP contribution in [0, 0.1) is 5.82 Å². The normalized spacial score (nSPS) is 15.0. The number of aliphatic hydroxyl groups is 1. The van der Waals surface area contributed by atoms with Gasteiger partial charge in [-0.1, -0.05) is 0 Å². The minimum Gasteiger partial charge on any atom is -0.479 e. The summed E-state index contributed by atoms with van der Waals surface area (Å²) in [4.78, 5) is 13.6. The highest BCUT2D eigenvalue weighted by molar-refractivity contribution is 5.65. The van der Waals surface area contributed by atoms with E-state index < -0.39 is 11.9 Å². The van der Waals surface area contributed by atoms with Crippen molar-refractivity contribution in [3.8, 4) is 22.8 Å². The first-order valence-electron chi connectivity index (χ1n) is 8.88. The predicted octanol–water partition coefficient (Wildman–Crippen LogP) is 2.11. The van der Waals surface area contributed by atoms with Crippen LogP contribution in [0.4, 0.5) is 4.39 Å². The van der Waals surface area contributed by atoms with E-state index in [9.17, 15) is 9.50 Å². The number of methoxy groups -OCH3 is 1. The smallest absolute Gasteiger partial charge is 0.250 e. The molecule has 0 saturated heterocycles. The van der Waals surface area contributed by atoms with Gasteiger partial charge in [-0.15, -0.1) is 0 Å². The van der Waals surface area contributed by atoms with Gasteiger partial charge in [0.25, 0.3) is 0 Å². The molecule has 28 heavy (non-hydrogen) atoms. The Balaban J connectivity index is 1.87. The summed E-state index contributed by atoms with van der Waals surface area (Å²) in [5, 5.41) is 14.6. The molecule has 8 nitrogen and oxygen atoms in total. The molecule has 0 spiro atoms. The lowest BCUT2D eigenvalue weighted by Gasteiger charge is -2.08. The molecule has 0 saturated carbocycles. The summed E-state index contributed by atoms with van der Waals surface area (Å²) >= 11 is 0. The number of hydrogen-bond donors (Lipinski definition) is 2. The van der Waals surface area contributed by atoms with Crippen LogP contribution >= 0.6 is 0 Å². The second-order valence-corrected chi connectivity index (χ2v) is 6.44. The van der Waals surface area contributed by atoms with Crippen molar-refractivity contribution in [1.29, 1.82) is 0 Å². The average Bonchev–Trinajstić information content (AvgIpc) is 2.89. The second-order valence-electron chi connectivity index (χ2n) is 6.44. The molecule has 1 aliphatic heterocycles. The number of aliphatic hydroxyl groups excluding tert-OH is 1. The van der Waals surface area contributed by atoms with Gasteiger partial charge in [0.05, 0.1) is 55.3 Å². The maximum absolute atomic E-state index is 14.2. The molecular weight excluding hydrogens is 365 g/mol. The molecule has 1 atom stereocenters. The monoisotopic (exact) mass is 385 g/mol. The third-order valence-corrected chi connectivity index (χ3v) is 4.60. The van der Waals surface area contributed by atoms with E-state index in [0.717, 1.165) is 22.5 Å². The first-order chi connectivity index (χ1) is 13.6. The molecule has 4 heterocycles. The Morgan fingerprint density at radius 3 is 2.96 bits per heavy atom. The molecule has 3 aromatic rings. The van der Waals surface area contributed by atoms with Gasteiger partial charge < -0.3 is 14.7 Å². The maximum Gasteiger partial charge on any atom is 0.250 e. The zero-order valence-electron chi connectivity index (χ0n) is 15.5. The number of pyridine rings is 2. The number of hydrogen-bond acceptors (Lipinski definition) is 7. The van der Waals surface area contributed by atoms with Crippen molar-refractivity contribution in [1.82, 2.24) is 25.2 Å². The first-order valence-corrected chi connectivity index (χ1v) is 8.88. The summed E-state index contributed by atoms with van der Waals surface area (Å²) in [5.74, 6) is -0.636. The van der Waals surface area contributed by atoms with E-state index in [2.05, 4.69) is 15.4 Å². The molecule has 146 valence electrons. The lowest BCUT2D eigenvalue weighted by atomic mass is 10.0. The van der Waals surface area contributed by atoms with Crippen LogP contribution in [0.15, 0.2) is 30.6 Å². The van der Waals surface area contributed by atoms with Crippen molar-refractivity contribution < 1.29 is 19.1 Å². The van der Waals surface area contributed by atoms with Gasteiger partial charge in [0.15, 0.2) is 5.82 Å². The van der Waals surface area contributed by atoms with Crippen LogP contribution in [0.25, 0.3) is 16.9 Å². The van der Waals surface area contributed by atoms with Gasteiger partial charge in [-0.3, -0.25) is 4.98 Å². The number of fused-ring (bicyclic) bond motifs is 1. The fourth-order valence-corrected chi connectivity index (χ4v) is 3.23. The molecule has 1 aliphatic rings. The van der Waals surface area contributed by atoms with Crippen LogP contribution in [0.2, 0.25) is 0 Å². The lowest BCUT2D eigenvalue weighted by molar-refractivity contribution is 0.0434. The fraction of sp³-hybridized carbons (Fsp3) is 0.316. The van der Waals surface area contributed by atoms with E-state index in [1.807, 2.05) is 12.1 Å². The largest absolute Gasteiger partial charge is 0.479 e. The number of halogens is 1. The summed E-state index contributed by atoms with van der Waals surface area (Å²) < 4.78 is 20.8. The summed E-state index contributed by atoms with van der Waals surface area (Å²) in [6, 6.07) is 4.98. The second kappa shape index (κ2) is 7.63. The van der Waals surface area contributed by atoms with Crippen LogP contribution in [0.3, 0.4) is 0 Å². The Morgan fingerprint density at radius 1 is 1.36 bits per heavy atom. The summed E-state index contributed by atoms with van der Waals surface area (Å²) in [6.07, 6.45) is 3.10. The van der Waals surface area contributed by atoms with Crippen molar-refractivity contribution in [2.24, 2.45) is 0 Å². The molecule has 9 heteroatoms. The Hall–Kier alpha value is -2.88. The highest BCUT2D eigenvalue weighted by atomic mass is 19.1. The predicted molar refractivity (Wildman–Crippen MR) is 98.2 cm³/mol. The number of rotatable bonds is 4. The highest BCUT2D eigenvalue weighted by Crippen LogP contribution is 2.30. The lowest BCUT2D eigenvalue weighted by Crippen LogP contribution is -2.15. The number of nitrogens with zero attached hydrogens (tertiary/aromatic N) is 4. The number of aromatic nitrogens is 4. The third-order valence-electron chi connectivity index (χ3n) is 4.60. The van der Waals surface area contributed by atoms with E-state index in [1.54, 1.807) is 17.8 Å². The van der Waals surface area contributed by atoms with Gasteiger partial charge >= 0.3 is 0 Å². The molecule has 0 amide bonds. The van der Waals surface area contributed by atoms with E-state index in [1.165, 1.54) is 19.4 Å². The van der Waals surface area contributed by atoms with Crippen molar-refractivity contribution >= 4 is 0 Å². The minimum absolute atomic E-state index is 0.0700. The molecule has 2 N–H and O–H groups in total. The zero-order valence-corrected chi connectivity index (χ0v) is 15.5. The molecule has 0 radical (unpaired) electrons. The summed E-state index contributed by atoms with van der Waals surface area (Å²) in [5.41, 5.74) is 7.34. The van der Waals surface area contributed by atoms with Crippen molar-refractivity contribution in [2.75, 3.05) is 13.7 Å². The molecular formula is C19H20FN5O3. The van der Waals surface area contributed by atoms with Gasteiger partial charge in [-0.2, -0.15) is 10.6 Å². The molecule has 0 aliphatic carbocycles. The van der Waals surface area contributed by atoms with Crippen LogP contribution < -0.4 is 10.2 Å². The molecule has 0 bridgehead atoms. The molecule has 0 aromatic carbocycles. The van der Waals surface area contributed by atoms with Crippen LogP contribution in [-0.4, -0.2) is 38.6 Å². The molecule has 3 aromatic heterocycles. The van der Waals surface area contributed by atoms with Gasteiger partial charge in [0, 0.05) is 29.8 Å². The van der Waals surface area contributed by atoms with Crippen molar-refractivity contribution in [2.45, 2.75) is 26.0 Å². The van der Waals surface area contributed by atoms with Crippen molar-refractivity contribution in [3.05, 3.63) is 53.4 Å². The van der Waals surface area contributed by atoms with E-state index in [0.29, 0.717) is 31.0 Å². The maximum atomic E-state index is 14.2. The SMILES string of the molecule is COc1ncc(-n2nc(-c3ccnc(C(C)O)c3)c3c2CNOCC3)cc1F. The zero-order chi connectivity index (χ0) is 19.7. The van der Waals surface area contributed by atoms with Gasteiger partial charge in [0.1, 0.15) is 0 Å². The van der Waals surface area contributed by atoms with Crippen LogP contribution in [0.1, 0.15) is 30.0 Å². The van der Waals surface area contributed by atoms with Crippen molar-refractivity contribution in [3.63, 3.8) is 0 Å². The standard InChI is InChI=1S/C19H20FN5O3/c1-11(26)16-7-12(3-5-21-16)18-14-4-6-28-23-10-17(14)25(24-18)13-8-15(20)19(27-2)22-9-13/h3,5,7-9,11,23,26H,4,6,10H2,1-2H3. The fourth-order valence-electron chi connectivity index (χ4n) is 3.23. The van der Waals surface area contributed by atoms with Crippen LogP contribution in [-0.2, 0) is 17.8 Å². The molecule has 1 unspecified atom stereocenters. The van der Waals surface area contributed by atoms with E-state index >= 15 is 0 Å². The Kier molecular flexibility index (Phi) is 5.03. The Morgan fingerprint density at radius 2 is 2.21 bits per heavy atom. The average molecular weight is 385 g/mol. The molecule has 0 fully saturated rings. The number of nitrogens with one attached hydrogen (secondary N) is 1. The number of ether oxygens (including phenoxy) is 1. The highest BCUT2D eigenvalue weighted by Gasteiger charge is 2.23. The topological polar surface area (TPSA) is 94.3 Å². The molecule has 4 rings (SSSR count). The summed E-state index contributed by atoms with van der Waals surface area (Å²) in [6.45, 7) is 2.55. The van der Waals surface area contributed by atoms with E-state index in [-0.39, 0.29) is 5.88 Å². The third kappa shape index (κ3) is 3.35. The first kappa shape index (κ1) is 18.5. The minimum atomic E-state index is -0.689. The van der Waals surface area contributed by atoms with E-state index in [4.69, 9.17) is 14.7 Å². The Labute approximate surface area is 160 Å². The van der Waals surface area contributed by atoms with Crippen LogP contribution in [0.5, 0.6) is 5.88 Å². The van der Waals surface area contributed by atoms with Gasteiger partial charge in [-0.25, -0.2) is 14.1 Å².